The van der Waals surface area contributed by atoms with Crippen molar-refractivity contribution >= 4 is 0 Å². The van der Waals surface area contributed by atoms with Crippen molar-refractivity contribution in [1.82, 2.24) is 5.43 Å². The van der Waals surface area contributed by atoms with Gasteiger partial charge in [-0.15, -0.1) is 0 Å². The van der Waals surface area contributed by atoms with Crippen LogP contribution >= 0.6 is 0 Å². The summed E-state index contributed by atoms with van der Waals surface area (Å²) in [5, 5.41) is 0. The van der Waals surface area contributed by atoms with Gasteiger partial charge in [-0.2, -0.15) is 0 Å². The molecule has 3 nitrogen and oxygen atoms in total. The molecule has 0 spiro atoms. The lowest BCUT2D eigenvalue weighted by atomic mass is 9.98. The summed E-state index contributed by atoms with van der Waals surface area (Å²) < 4.78 is 19.5. The van der Waals surface area contributed by atoms with Crippen molar-refractivity contribution < 1.29 is 9.13 Å². The zero-order valence-electron chi connectivity index (χ0n) is 11.9. The van der Waals surface area contributed by atoms with E-state index in [1.807, 2.05) is 18.2 Å². The first-order chi connectivity index (χ1) is 10.3. The van der Waals surface area contributed by atoms with E-state index in [0.717, 1.165) is 6.42 Å². The van der Waals surface area contributed by atoms with Crippen LogP contribution < -0.4 is 16.0 Å². The monoisotopic (exact) mass is 286 g/mol. The molecule has 2 aromatic rings. The molecule has 0 aliphatic heterocycles. The van der Waals surface area contributed by atoms with Crippen LogP contribution in [-0.4, -0.2) is 7.11 Å². The fraction of sp³-hybridized carbons (Fsp3) is 0.294. The minimum Gasteiger partial charge on any atom is -0.496 e. The largest absolute Gasteiger partial charge is 0.496 e. The number of nitrogens with two attached hydrogens (primary N) is 1. The van der Waals surface area contributed by atoms with Crippen LogP contribution in [0.25, 0.3) is 0 Å². The Labute approximate surface area is 123 Å². The molecule has 1 fully saturated rings. The van der Waals surface area contributed by atoms with Crippen molar-refractivity contribution in [2.24, 2.45) is 11.8 Å². The van der Waals surface area contributed by atoms with Gasteiger partial charge >= 0.3 is 0 Å². The molecule has 0 bridgehead atoms. The summed E-state index contributed by atoms with van der Waals surface area (Å²) in [4.78, 5) is 0. The third-order valence-corrected chi connectivity index (χ3v) is 4.22. The molecular weight excluding hydrogens is 267 g/mol. The van der Waals surface area contributed by atoms with E-state index in [2.05, 4.69) is 17.6 Å². The van der Waals surface area contributed by atoms with E-state index in [-0.39, 0.29) is 17.8 Å². The highest BCUT2D eigenvalue weighted by Crippen LogP contribution is 2.55. The Bertz CT molecular complexity index is 617. The van der Waals surface area contributed by atoms with Gasteiger partial charge in [-0.3, -0.25) is 11.3 Å². The minimum absolute atomic E-state index is 0.244. The highest BCUT2D eigenvalue weighted by atomic mass is 19.1. The van der Waals surface area contributed by atoms with Crippen molar-refractivity contribution in [1.29, 1.82) is 0 Å². The lowest BCUT2D eigenvalue weighted by Crippen LogP contribution is -2.31. The molecule has 2 aromatic carbocycles. The molecule has 3 atom stereocenters. The molecule has 0 amide bonds. The van der Waals surface area contributed by atoms with E-state index in [4.69, 9.17) is 10.6 Å². The molecule has 110 valence electrons. The van der Waals surface area contributed by atoms with E-state index in [0.29, 0.717) is 17.2 Å². The second kappa shape index (κ2) is 5.84. The van der Waals surface area contributed by atoms with Gasteiger partial charge in [0, 0.05) is 5.56 Å². The number of hydrogen-bond donors (Lipinski definition) is 2. The van der Waals surface area contributed by atoms with Gasteiger partial charge in [0.1, 0.15) is 11.6 Å². The molecule has 4 heteroatoms. The molecule has 0 radical (unpaired) electrons. The fourth-order valence-corrected chi connectivity index (χ4v) is 3.08. The Morgan fingerprint density at radius 2 is 1.95 bits per heavy atom. The average Bonchev–Trinajstić information content (AvgIpc) is 3.31. The van der Waals surface area contributed by atoms with Crippen molar-refractivity contribution in [3.63, 3.8) is 0 Å². The fourth-order valence-electron chi connectivity index (χ4n) is 3.08. The van der Waals surface area contributed by atoms with Crippen LogP contribution in [0.15, 0.2) is 48.5 Å². The van der Waals surface area contributed by atoms with Gasteiger partial charge in [0.05, 0.1) is 13.2 Å². The topological polar surface area (TPSA) is 47.3 Å². The van der Waals surface area contributed by atoms with Gasteiger partial charge in [-0.25, -0.2) is 4.39 Å². The summed E-state index contributed by atoms with van der Waals surface area (Å²) in [5.74, 6) is 6.66. The van der Waals surface area contributed by atoms with Gasteiger partial charge < -0.3 is 4.74 Å². The zero-order chi connectivity index (χ0) is 14.8. The molecule has 0 saturated heterocycles. The third kappa shape index (κ3) is 2.64. The molecule has 1 saturated carbocycles. The molecule has 3 unspecified atom stereocenters. The number of hydrogen-bond acceptors (Lipinski definition) is 3. The summed E-state index contributed by atoms with van der Waals surface area (Å²) in [7, 11) is 1.55. The summed E-state index contributed by atoms with van der Waals surface area (Å²) in [6, 6.07) is 14.9. The van der Waals surface area contributed by atoms with Crippen LogP contribution in [0, 0.1) is 11.7 Å². The van der Waals surface area contributed by atoms with Crippen molar-refractivity contribution in [2.45, 2.75) is 18.4 Å². The molecule has 1 aliphatic carbocycles. The highest BCUT2D eigenvalue weighted by Gasteiger charge is 2.45. The molecule has 1 aliphatic rings. The normalized spacial score (nSPS) is 21.9. The number of nitrogens with one attached hydrogen (secondary N) is 1. The Morgan fingerprint density at radius 3 is 2.62 bits per heavy atom. The molecule has 0 aromatic heterocycles. The molecule has 21 heavy (non-hydrogen) atoms. The number of rotatable bonds is 5. The lowest BCUT2D eigenvalue weighted by molar-refractivity contribution is 0.380. The number of hydrazine groups is 1. The summed E-state index contributed by atoms with van der Waals surface area (Å²) in [6.07, 6.45) is 0.996. The highest BCUT2D eigenvalue weighted by molar-refractivity contribution is 5.40. The second-order valence-electron chi connectivity index (χ2n) is 5.42. The SMILES string of the molecule is COc1cccc(F)c1C(NN)C1CC1c1ccccc1. The Balaban J connectivity index is 1.88. The first-order valence-electron chi connectivity index (χ1n) is 7.09. The quantitative estimate of drug-likeness (QED) is 0.655. The second-order valence-corrected chi connectivity index (χ2v) is 5.42. The van der Waals surface area contributed by atoms with Crippen LogP contribution in [-0.2, 0) is 0 Å². The molecule has 0 heterocycles. The number of halogens is 1. The van der Waals surface area contributed by atoms with Crippen LogP contribution in [0.1, 0.15) is 29.5 Å². The maximum absolute atomic E-state index is 14.2. The molecular formula is C17H19FN2O. The Hall–Kier alpha value is -1.91. The van der Waals surface area contributed by atoms with Gasteiger partial charge in [-0.05, 0) is 36.0 Å². The van der Waals surface area contributed by atoms with Gasteiger partial charge in [0.15, 0.2) is 0 Å². The molecule has 3 N–H and O–H groups in total. The van der Waals surface area contributed by atoms with E-state index >= 15 is 0 Å². The number of ether oxygens (including phenoxy) is 1. The maximum atomic E-state index is 14.2. The first-order valence-corrected chi connectivity index (χ1v) is 7.09. The minimum atomic E-state index is -0.281. The summed E-state index contributed by atoms with van der Waals surface area (Å²) in [6.45, 7) is 0. The van der Waals surface area contributed by atoms with E-state index < -0.39 is 0 Å². The number of benzene rings is 2. The van der Waals surface area contributed by atoms with E-state index in [1.165, 1.54) is 11.6 Å². The smallest absolute Gasteiger partial charge is 0.131 e. The predicted molar refractivity (Wildman–Crippen MR) is 80.3 cm³/mol. The maximum Gasteiger partial charge on any atom is 0.131 e. The van der Waals surface area contributed by atoms with Crippen LogP contribution in [0.2, 0.25) is 0 Å². The Morgan fingerprint density at radius 1 is 1.19 bits per heavy atom. The van der Waals surface area contributed by atoms with Crippen molar-refractivity contribution in [3.8, 4) is 5.75 Å². The van der Waals surface area contributed by atoms with Crippen LogP contribution in [0.3, 0.4) is 0 Å². The predicted octanol–water partition coefficient (Wildman–Crippen LogP) is 3.14. The standard InChI is InChI=1S/C17H19FN2O/c1-21-15-9-5-8-14(18)16(15)17(20-19)13-10-12(13)11-6-3-2-4-7-11/h2-9,12-13,17,20H,10,19H2,1H3. The van der Waals surface area contributed by atoms with Gasteiger partial charge in [-0.1, -0.05) is 36.4 Å². The molecule has 3 rings (SSSR count). The van der Waals surface area contributed by atoms with E-state index in [1.54, 1.807) is 19.2 Å². The lowest BCUT2D eigenvalue weighted by Gasteiger charge is -2.20. The van der Waals surface area contributed by atoms with Gasteiger partial charge in [0.2, 0.25) is 0 Å². The van der Waals surface area contributed by atoms with Gasteiger partial charge in [0.25, 0.3) is 0 Å². The van der Waals surface area contributed by atoms with E-state index in [9.17, 15) is 4.39 Å². The zero-order valence-corrected chi connectivity index (χ0v) is 11.9. The van der Waals surface area contributed by atoms with Crippen LogP contribution in [0.4, 0.5) is 4.39 Å². The number of methoxy groups -OCH3 is 1. The van der Waals surface area contributed by atoms with Crippen molar-refractivity contribution in [3.05, 3.63) is 65.5 Å². The van der Waals surface area contributed by atoms with Crippen LogP contribution in [0.5, 0.6) is 5.75 Å². The van der Waals surface area contributed by atoms with Crippen molar-refractivity contribution in [2.75, 3.05) is 7.11 Å². The first kappa shape index (κ1) is 14.0. The third-order valence-electron chi connectivity index (χ3n) is 4.22. The summed E-state index contributed by atoms with van der Waals surface area (Å²) >= 11 is 0. The Kier molecular flexibility index (Phi) is 3.90. The summed E-state index contributed by atoms with van der Waals surface area (Å²) in [5.41, 5.74) is 4.57. The average molecular weight is 286 g/mol.